The molecule has 1 aromatic rings. The summed E-state index contributed by atoms with van der Waals surface area (Å²) >= 11 is 5.98. The molecule has 150 valence electrons. The minimum Gasteiger partial charge on any atom is -0.496 e. The number of Topliss-reactive ketones (excluding diaryl/α,β-unsaturated/α-hetero) is 1. The summed E-state index contributed by atoms with van der Waals surface area (Å²) in [6.45, 7) is 3.44. The molecular weight excluding hydrogens is 387 g/mol. The second-order valence-corrected chi connectivity index (χ2v) is 7.56. The molecule has 5 nitrogen and oxygen atoms in total. The molecule has 1 saturated carbocycles. The number of methoxy groups -OCH3 is 1. The van der Waals surface area contributed by atoms with Gasteiger partial charge in [-0.1, -0.05) is 24.4 Å². The second-order valence-electron chi connectivity index (χ2n) is 7.12. The van der Waals surface area contributed by atoms with Gasteiger partial charge in [-0.05, 0) is 31.0 Å². The summed E-state index contributed by atoms with van der Waals surface area (Å²) in [5.74, 6) is 0.449. The SMILES string of the molecule is COc1ccc(Cl)cc1C(=O)CCC(=O)N1CCN(C2CCCC2)CC1.Cl. The first-order chi connectivity index (χ1) is 12.6. The highest BCUT2D eigenvalue weighted by atomic mass is 35.5. The quantitative estimate of drug-likeness (QED) is 0.663. The van der Waals surface area contributed by atoms with Crippen LogP contribution in [0.25, 0.3) is 0 Å². The van der Waals surface area contributed by atoms with Crippen molar-refractivity contribution < 1.29 is 14.3 Å². The molecule has 2 aliphatic rings. The van der Waals surface area contributed by atoms with Gasteiger partial charge in [0, 0.05) is 50.1 Å². The van der Waals surface area contributed by atoms with Crippen LogP contribution in [0.15, 0.2) is 18.2 Å². The highest BCUT2D eigenvalue weighted by molar-refractivity contribution is 6.31. The van der Waals surface area contributed by atoms with Crippen molar-refractivity contribution in [2.24, 2.45) is 0 Å². The number of ketones is 1. The molecule has 1 aliphatic carbocycles. The molecule has 27 heavy (non-hydrogen) atoms. The summed E-state index contributed by atoms with van der Waals surface area (Å²) in [5, 5.41) is 0.489. The lowest BCUT2D eigenvalue weighted by atomic mass is 10.0. The zero-order valence-corrected chi connectivity index (χ0v) is 17.4. The van der Waals surface area contributed by atoms with Crippen molar-refractivity contribution in [2.75, 3.05) is 33.3 Å². The number of benzene rings is 1. The predicted octanol–water partition coefficient (Wildman–Crippen LogP) is 3.82. The van der Waals surface area contributed by atoms with Crippen LogP contribution in [-0.2, 0) is 4.79 Å². The van der Waals surface area contributed by atoms with E-state index in [1.807, 2.05) is 4.90 Å². The van der Waals surface area contributed by atoms with Crippen molar-refractivity contribution in [3.05, 3.63) is 28.8 Å². The Morgan fingerprint density at radius 1 is 1.11 bits per heavy atom. The van der Waals surface area contributed by atoms with Crippen molar-refractivity contribution in [2.45, 2.75) is 44.6 Å². The number of hydrogen-bond acceptors (Lipinski definition) is 4. The second kappa shape index (κ2) is 10.3. The van der Waals surface area contributed by atoms with Crippen molar-refractivity contribution in [3.8, 4) is 5.75 Å². The smallest absolute Gasteiger partial charge is 0.223 e. The minimum absolute atomic E-state index is 0. The lowest BCUT2D eigenvalue weighted by Crippen LogP contribution is -2.51. The molecule has 0 radical (unpaired) electrons. The van der Waals surface area contributed by atoms with Crippen molar-refractivity contribution in [3.63, 3.8) is 0 Å². The maximum atomic E-state index is 12.5. The van der Waals surface area contributed by atoms with Crippen LogP contribution in [0.5, 0.6) is 5.75 Å². The average molecular weight is 415 g/mol. The first-order valence-electron chi connectivity index (χ1n) is 9.47. The fraction of sp³-hybridized carbons (Fsp3) is 0.600. The van der Waals surface area contributed by atoms with Gasteiger partial charge in [-0.15, -0.1) is 12.4 Å². The number of hydrogen-bond donors (Lipinski definition) is 0. The maximum absolute atomic E-state index is 12.5. The molecular formula is C20H28Cl2N2O3. The van der Waals surface area contributed by atoms with Gasteiger partial charge in [-0.3, -0.25) is 14.5 Å². The fourth-order valence-corrected chi connectivity index (χ4v) is 4.19. The molecule has 1 saturated heterocycles. The predicted molar refractivity (Wildman–Crippen MR) is 109 cm³/mol. The molecule has 1 aliphatic heterocycles. The normalized spacial score (nSPS) is 18.2. The lowest BCUT2D eigenvalue weighted by Gasteiger charge is -2.38. The van der Waals surface area contributed by atoms with E-state index < -0.39 is 0 Å². The Balaban J connectivity index is 0.00000261. The van der Waals surface area contributed by atoms with E-state index in [1.54, 1.807) is 18.2 Å². The Hall–Kier alpha value is -1.30. The first-order valence-corrected chi connectivity index (χ1v) is 9.85. The summed E-state index contributed by atoms with van der Waals surface area (Å²) in [4.78, 5) is 29.4. The number of halogens is 2. The third kappa shape index (κ3) is 5.59. The van der Waals surface area contributed by atoms with Crippen LogP contribution in [0.3, 0.4) is 0 Å². The summed E-state index contributed by atoms with van der Waals surface area (Å²) in [5.41, 5.74) is 0.443. The van der Waals surface area contributed by atoms with Gasteiger partial charge in [0.15, 0.2) is 5.78 Å². The number of ether oxygens (including phenoxy) is 1. The van der Waals surface area contributed by atoms with Gasteiger partial charge in [0.2, 0.25) is 5.91 Å². The minimum atomic E-state index is -0.109. The lowest BCUT2D eigenvalue weighted by molar-refractivity contribution is -0.133. The average Bonchev–Trinajstić information content (AvgIpc) is 3.20. The number of nitrogens with zero attached hydrogens (tertiary/aromatic N) is 2. The molecule has 2 fully saturated rings. The monoisotopic (exact) mass is 414 g/mol. The molecule has 0 spiro atoms. The summed E-state index contributed by atoms with van der Waals surface area (Å²) in [7, 11) is 1.52. The third-order valence-electron chi connectivity index (χ3n) is 5.54. The number of amides is 1. The molecule has 0 atom stereocenters. The topological polar surface area (TPSA) is 49.9 Å². The standard InChI is InChI=1S/C20H27ClN2O3.ClH/c1-26-19-8-6-15(21)14-17(19)18(24)7-9-20(25)23-12-10-22(11-13-23)16-4-2-3-5-16;/h6,8,14,16H,2-5,7,9-13H2,1H3;1H. The van der Waals surface area contributed by atoms with Crippen LogP contribution in [0.4, 0.5) is 0 Å². The number of piperazine rings is 1. The number of rotatable bonds is 6. The van der Waals surface area contributed by atoms with Crippen molar-refractivity contribution in [1.82, 2.24) is 9.80 Å². The Labute approximate surface area is 172 Å². The van der Waals surface area contributed by atoms with Crippen LogP contribution in [0.2, 0.25) is 5.02 Å². The Morgan fingerprint density at radius 3 is 2.41 bits per heavy atom. The van der Waals surface area contributed by atoms with E-state index in [0.29, 0.717) is 22.4 Å². The van der Waals surface area contributed by atoms with Gasteiger partial charge in [0.05, 0.1) is 12.7 Å². The highest BCUT2D eigenvalue weighted by Gasteiger charge is 2.28. The van der Waals surface area contributed by atoms with E-state index in [4.69, 9.17) is 16.3 Å². The van der Waals surface area contributed by atoms with Crippen molar-refractivity contribution >= 4 is 35.7 Å². The zero-order chi connectivity index (χ0) is 18.5. The molecule has 0 unspecified atom stereocenters. The molecule has 0 aromatic heterocycles. The summed E-state index contributed by atoms with van der Waals surface area (Å²) in [6.07, 6.45) is 5.67. The van der Waals surface area contributed by atoms with Gasteiger partial charge >= 0.3 is 0 Å². The van der Waals surface area contributed by atoms with E-state index in [-0.39, 0.29) is 36.9 Å². The van der Waals surface area contributed by atoms with Crippen LogP contribution in [-0.4, -0.2) is 60.8 Å². The van der Waals surface area contributed by atoms with E-state index in [1.165, 1.54) is 32.8 Å². The molecule has 7 heteroatoms. The Morgan fingerprint density at radius 2 is 1.78 bits per heavy atom. The Kier molecular flexibility index (Phi) is 8.39. The van der Waals surface area contributed by atoms with Gasteiger partial charge < -0.3 is 9.64 Å². The molecule has 1 heterocycles. The maximum Gasteiger partial charge on any atom is 0.223 e. The van der Waals surface area contributed by atoms with Crippen LogP contribution < -0.4 is 4.74 Å². The fourth-order valence-electron chi connectivity index (χ4n) is 4.02. The van der Waals surface area contributed by atoms with Crippen LogP contribution in [0, 0.1) is 0 Å². The molecule has 1 aromatic carbocycles. The van der Waals surface area contributed by atoms with E-state index in [0.717, 1.165) is 26.2 Å². The van der Waals surface area contributed by atoms with Crippen molar-refractivity contribution in [1.29, 1.82) is 0 Å². The van der Waals surface area contributed by atoms with Gasteiger partial charge in [0.1, 0.15) is 5.75 Å². The molecule has 0 bridgehead atoms. The Bertz CT molecular complexity index is 655. The highest BCUT2D eigenvalue weighted by Crippen LogP contribution is 2.26. The van der Waals surface area contributed by atoms with E-state index in [9.17, 15) is 9.59 Å². The first kappa shape index (κ1) is 22.0. The van der Waals surface area contributed by atoms with Gasteiger partial charge in [-0.25, -0.2) is 0 Å². The van der Waals surface area contributed by atoms with E-state index in [2.05, 4.69) is 4.90 Å². The van der Waals surface area contributed by atoms with Crippen LogP contribution in [0.1, 0.15) is 48.9 Å². The van der Waals surface area contributed by atoms with E-state index >= 15 is 0 Å². The van der Waals surface area contributed by atoms with Crippen LogP contribution >= 0.6 is 24.0 Å². The largest absolute Gasteiger partial charge is 0.496 e. The molecule has 0 N–H and O–H groups in total. The third-order valence-corrected chi connectivity index (χ3v) is 5.77. The molecule has 1 amide bonds. The number of carbonyl (C=O) groups is 2. The van der Waals surface area contributed by atoms with Gasteiger partial charge in [-0.2, -0.15) is 0 Å². The number of carbonyl (C=O) groups excluding carboxylic acids is 2. The summed E-state index contributed by atoms with van der Waals surface area (Å²) < 4.78 is 5.22. The zero-order valence-electron chi connectivity index (χ0n) is 15.8. The van der Waals surface area contributed by atoms with Gasteiger partial charge in [0.25, 0.3) is 0 Å². The summed E-state index contributed by atoms with van der Waals surface area (Å²) in [6, 6.07) is 5.68. The molecule has 3 rings (SSSR count).